The molecule has 0 unspecified atom stereocenters. The smallest absolute Gasteiger partial charge is 0.387 e. The molecule has 3 rings (SSSR count). The number of nitrogens with zero attached hydrogens (tertiary/aromatic N) is 1. The molecular formula is C19H26F2N2O2. The van der Waals surface area contributed by atoms with Crippen molar-refractivity contribution in [1.29, 1.82) is 0 Å². The molecule has 0 spiro atoms. The number of rotatable bonds is 6. The molecule has 1 aliphatic heterocycles. The molecular weight excluding hydrogens is 326 g/mol. The largest absolute Gasteiger partial charge is 0.434 e. The third-order valence-corrected chi connectivity index (χ3v) is 5.09. The predicted molar refractivity (Wildman–Crippen MR) is 92.2 cm³/mol. The Labute approximate surface area is 147 Å². The van der Waals surface area contributed by atoms with Crippen LogP contribution in [0.1, 0.15) is 47.2 Å². The fourth-order valence-corrected chi connectivity index (χ4v) is 3.47. The minimum Gasteiger partial charge on any atom is -0.434 e. The van der Waals surface area contributed by atoms with Crippen LogP contribution < -0.4 is 10.1 Å². The van der Waals surface area contributed by atoms with Crippen LogP contribution in [0.25, 0.3) is 0 Å². The Morgan fingerprint density at radius 3 is 2.32 bits per heavy atom. The van der Waals surface area contributed by atoms with Gasteiger partial charge in [-0.05, 0) is 75.3 Å². The first-order valence-corrected chi connectivity index (χ1v) is 9.02. The Hall–Kier alpha value is -1.69. The number of amides is 1. The number of alkyl halides is 2. The molecule has 0 radical (unpaired) electrons. The fourth-order valence-electron chi connectivity index (χ4n) is 3.47. The summed E-state index contributed by atoms with van der Waals surface area (Å²) >= 11 is 0. The standard InChI is InChI=1S/C19H26F2N2O2/c1-12-9-15(10-13(2)17(12)25-19(20)21)18(24)23-7-5-16(6-8-23)22-11-14-3-4-14/h9-10,14,16,19,22H,3-8,11H2,1-2H3. The number of ether oxygens (including phenoxy) is 1. The second kappa shape index (κ2) is 7.68. The second-order valence-electron chi connectivity index (χ2n) is 7.24. The number of nitrogens with one attached hydrogen (secondary N) is 1. The quantitative estimate of drug-likeness (QED) is 0.852. The van der Waals surface area contributed by atoms with Gasteiger partial charge in [-0.25, -0.2) is 0 Å². The van der Waals surface area contributed by atoms with Crippen molar-refractivity contribution in [2.45, 2.75) is 52.2 Å². The van der Waals surface area contributed by atoms with E-state index in [2.05, 4.69) is 10.1 Å². The Balaban J connectivity index is 1.59. The Morgan fingerprint density at radius 1 is 1.20 bits per heavy atom. The molecule has 2 aliphatic rings. The van der Waals surface area contributed by atoms with Crippen LogP contribution in [0.15, 0.2) is 12.1 Å². The summed E-state index contributed by atoms with van der Waals surface area (Å²) in [5.74, 6) is 0.990. The van der Waals surface area contributed by atoms with E-state index in [0.29, 0.717) is 22.7 Å². The molecule has 1 amide bonds. The maximum absolute atomic E-state index is 12.7. The van der Waals surface area contributed by atoms with Gasteiger partial charge in [0.25, 0.3) is 5.91 Å². The number of aryl methyl sites for hydroxylation is 2. The Kier molecular flexibility index (Phi) is 5.57. The molecule has 2 fully saturated rings. The number of hydrogen-bond acceptors (Lipinski definition) is 3. The Bertz CT molecular complexity index is 601. The molecule has 1 aromatic carbocycles. The topological polar surface area (TPSA) is 41.6 Å². The summed E-state index contributed by atoms with van der Waals surface area (Å²) in [7, 11) is 0. The van der Waals surface area contributed by atoms with Gasteiger partial charge < -0.3 is 15.0 Å². The molecule has 1 heterocycles. The molecule has 4 nitrogen and oxygen atoms in total. The van der Waals surface area contributed by atoms with Crippen LogP contribution >= 0.6 is 0 Å². The van der Waals surface area contributed by atoms with Crippen molar-refractivity contribution in [3.63, 3.8) is 0 Å². The lowest BCUT2D eigenvalue weighted by Crippen LogP contribution is -2.45. The minimum atomic E-state index is -2.86. The van der Waals surface area contributed by atoms with Crippen molar-refractivity contribution in [3.8, 4) is 5.75 Å². The highest BCUT2D eigenvalue weighted by Crippen LogP contribution is 2.29. The lowest BCUT2D eigenvalue weighted by atomic mass is 10.0. The monoisotopic (exact) mass is 352 g/mol. The molecule has 0 atom stereocenters. The van der Waals surface area contributed by atoms with Crippen LogP contribution in [0.2, 0.25) is 0 Å². The van der Waals surface area contributed by atoms with Gasteiger partial charge >= 0.3 is 6.61 Å². The molecule has 25 heavy (non-hydrogen) atoms. The van der Waals surface area contributed by atoms with Crippen LogP contribution in [0.4, 0.5) is 8.78 Å². The van der Waals surface area contributed by atoms with E-state index in [1.54, 1.807) is 26.0 Å². The normalized spacial score (nSPS) is 18.7. The van der Waals surface area contributed by atoms with Crippen molar-refractivity contribution >= 4 is 5.91 Å². The molecule has 6 heteroatoms. The van der Waals surface area contributed by atoms with E-state index in [9.17, 15) is 13.6 Å². The molecule has 0 aromatic heterocycles. The van der Waals surface area contributed by atoms with Crippen molar-refractivity contribution < 1.29 is 18.3 Å². The first-order valence-electron chi connectivity index (χ1n) is 9.02. The molecule has 0 bridgehead atoms. The maximum atomic E-state index is 12.7. The zero-order valence-electron chi connectivity index (χ0n) is 14.9. The van der Waals surface area contributed by atoms with Crippen LogP contribution in [-0.4, -0.2) is 43.1 Å². The predicted octanol–water partition coefficient (Wildman–Crippen LogP) is 3.51. The summed E-state index contributed by atoms with van der Waals surface area (Å²) in [5.41, 5.74) is 1.66. The number of hydrogen-bond donors (Lipinski definition) is 1. The van der Waals surface area contributed by atoms with Crippen LogP contribution in [0.5, 0.6) is 5.75 Å². The Morgan fingerprint density at radius 2 is 1.80 bits per heavy atom. The number of carbonyl (C=O) groups excluding carboxylic acids is 1. The zero-order valence-corrected chi connectivity index (χ0v) is 14.9. The summed E-state index contributed by atoms with van der Waals surface area (Å²) in [6, 6.07) is 3.78. The molecule has 1 N–H and O–H groups in total. The number of halogens is 2. The number of piperidine rings is 1. The third kappa shape index (κ3) is 4.69. The van der Waals surface area contributed by atoms with Crippen LogP contribution in [-0.2, 0) is 0 Å². The molecule has 1 aliphatic carbocycles. The van der Waals surface area contributed by atoms with E-state index in [1.165, 1.54) is 12.8 Å². The van der Waals surface area contributed by atoms with E-state index in [1.807, 2.05) is 4.90 Å². The van der Waals surface area contributed by atoms with Gasteiger partial charge in [0, 0.05) is 24.7 Å². The number of benzene rings is 1. The number of carbonyl (C=O) groups is 1. The van der Waals surface area contributed by atoms with Gasteiger partial charge in [0.05, 0.1) is 0 Å². The minimum absolute atomic E-state index is 0.0320. The van der Waals surface area contributed by atoms with E-state index in [4.69, 9.17) is 0 Å². The van der Waals surface area contributed by atoms with E-state index in [-0.39, 0.29) is 11.7 Å². The zero-order chi connectivity index (χ0) is 18.0. The summed E-state index contributed by atoms with van der Waals surface area (Å²) < 4.78 is 29.5. The lowest BCUT2D eigenvalue weighted by Gasteiger charge is -2.33. The van der Waals surface area contributed by atoms with Crippen molar-refractivity contribution in [3.05, 3.63) is 28.8 Å². The first-order chi connectivity index (χ1) is 11.9. The summed E-state index contributed by atoms with van der Waals surface area (Å²) in [6.07, 6.45) is 4.61. The first kappa shape index (κ1) is 18.1. The SMILES string of the molecule is Cc1cc(C(=O)N2CCC(NCC3CC3)CC2)cc(C)c1OC(F)F. The maximum Gasteiger partial charge on any atom is 0.387 e. The summed E-state index contributed by atoms with van der Waals surface area (Å²) in [5, 5.41) is 3.60. The van der Waals surface area contributed by atoms with Gasteiger partial charge in [-0.1, -0.05) is 0 Å². The van der Waals surface area contributed by atoms with E-state index in [0.717, 1.165) is 38.4 Å². The highest BCUT2D eigenvalue weighted by atomic mass is 19.3. The van der Waals surface area contributed by atoms with Crippen molar-refractivity contribution in [1.82, 2.24) is 10.2 Å². The highest BCUT2D eigenvalue weighted by molar-refractivity contribution is 5.95. The summed E-state index contributed by atoms with van der Waals surface area (Å²) in [4.78, 5) is 14.6. The molecule has 138 valence electrons. The molecule has 1 saturated carbocycles. The second-order valence-corrected chi connectivity index (χ2v) is 7.24. The van der Waals surface area contributed by atoms with Crippen LogP contribution in [0.3, 0.4) is 0 Å². The van der Waals surface area contributed by atoms with Gasteiger partial charge in [0.2, 0.25) is 0 Å². The third-order valence-electron chi connectivity index (χ3n) is 5.09. The van der Waals surface area contributed by atoms with E-state index >= 15 is 0 Å². The summed E-state index contributed by atoms with van der Waals surface area (Å²) in [6.45, 7) is 3.08. The van der Waals surface area contributed by atoms with Gasteiger partial charge in [0.15, 0.2) is 0 Å². The lowest BCUT2D eigenvalue weighted by molar-refractivity contribution is -0.0507. The van der Waals surface area contributed by atoms with Crippen molar-refractivity contribution in [2.75, 3.05) is 19.6 Å². The molecule has 1 saturated heterocycles. The van der Waals surface area contributed by atoms with E-state index < -0.39 is 6.61 Å². The van der Waals surface area contributed by atoms with Gasteiger partial charge in [-0.3, -0.25) is 4.79 Å². The average Bonchev–Trinajstić information content (AvgIpc) is 3.40. The van der Waals surface area contributed by atoms with Crippen molar-refractivity contribution in [2.24, 2.45) is 5.92 Å². The highest BCUT2D eigenvalue weighted by Gasteiger charge is 2.27. The van der Waals surface area contributed by atoms with Crippen LogP contribution in [0, 0.1) is 19.8 Å². The van der Waals surface area contributed by atoms with Gasteiger partial charge in [0.1, 0.15) is 5.75 Å². The molecule has 1 aromatic rings. The van der Waals surface area contributed by atoms with Gasteiger partial charge in [-0.2, -0.15) is 8.78 Å². The van der Waals surface area contributed by atoms with Gasteiger partial charge in [-0.15, -0.1) is 0 Å². The number of likely N-dealkylation sites (tertiary alicyclic amines) is 1. The average molecular weight is 352 g/mol. The fraction of sp³-hybridized carbons (Fsp3) is 0.632.